The molecule has 0 bridgehead atoms. The van der Waals surface area contributed by atoms with Crippen LogP contribution in [0.15, 0.2) is 54.2 Å². The Morgan fingerprint density at radius 2 is 2.12 bits per heavy atom. The number of aryl methyl sites for hydroxylation is 1. The van der Waals surface area contributed by atoms with Gasteiger partial charge < -0.3 is 15.4 Å². The number of nitrogens with zero attached hydrogens (tertiary/aromatic N) is 1. The second-order valence-corrected chi connectivity index (χ2v) is 6.07. The van der Waals surface area contributed by atoms with Gasteiger partial charge in [-0.2, -0.15) is 5.26 Å². The smallest absolute Gasteiger partial charge is 0.267 e. The van der Waals surface area contributed by atoms with Crippen LogP contribution < -0.4 is 15.4 Å². The van der Waals surface area contributed by atoms with Crippen LogP contribution in [0.1, 0.15) is 11.1 Å². The van der Waals surface area contributed by atoms with Crippen LogP contribution in [0.2, 0.25) is 5.02 Å². The fourth-order valence-corrected chi connectivity index (χ4v) is 2.61. The summed E-state index contributed by atoms with van der Waals surface area (Å²) in [7, 11) is 1.51. The minimum atomic E-state index is -0.503. The molecular weight excluding hydrogens is 350 g/mol. The number of hydrogen-bond acceptors (Lipinski definition) is 4. The molecule has 0 spiro atoms. The lowest BCUT2D eigenvalue weighted by Gasteiger charge is -2.08. The largest absolute Gasteiger partial charge is 0.495 e. The molecule has 0 aliphatic heterocycles. The maximum Gasteiger partial charge on any atom is 0.267 e. The molecule has 0 aromatic heterocycles. The molecule has 0 aliphatic carbocycles. The molecule has 0 heterocycles. The molecule has 5 nitrogen and oxygen atoms in total. The number of amides is 1. The second kappa shape index (κ2) is 9.50. The number of rotatable bonds is 7. The first-order chi connectivity index (χ1) is 12.5. The highest BCUT2D eigenvalue weighted by atomic mass is 35.5. The van der Waals surface area contributed by atoms with E-state index in [2.05, 4.69) is 16.7 Å². The first-order valence-electron chi connectivity index (χ1n) is 8.07. The molecule has 0 saturated carbocycles. The van der Waals surface area contributed by atoms with Crippen molar-refractivity contribution in [3.63, 3.8) is 0 Å². The van der Waals surface area contributed by atoms with Gasteiger partial charge in [0.05, 0.1) is 12.1 Å². The van der Waals surface area contributed by atoms with Crippen molar-refractivity contribution in [1.82, 2.24) is 5.32 Å². The van der Waals surface area contributed by atoms with Gasteiger partial charge in [-0.25, -0.2) is 0 Å². The van der Waals surface area contributed by atoms with Gasteiger partial charge in [-0.05, 0) is 37.1 Å². The molecule has 2 N–H and O–H groups in total. The van der Waals surface area contributed by atoms with E-state index in [-0.39, 0.29) is 5.57 Å². The van der Waals surface area contributed by atoms with E-state index in [9.17, 15) is 10.1 Å². The van der Waals surface area contributed by atoms with Gasteiger partial charge in [0.15, 0.2) is 0 Å². The highest BCUT2D eigenvalue weighted by Gasteiger charge is 2.10. The van der Waals surface area contributed by atoms with Crippen LogP contribution in [0.5, 0.6) is 5.75 Å². The molecule has 2 aromatic carbocycles. The predicted molar refractivity (Wildman–Crippen MR) is 103 cm³/mol. The average Bonchev–Trinajstić information content (AvgIpc) is 2.62. The number of nitriles is 1. The van der Waals surface area contributed by atoms with Crippen molar-refractivity contribution in [3.8, 4) is 11.8 Å². The lowest BCUT2D eigenvalue weighted by atomic mass is 10.1. The van der Waals surface area contributed by atoms with Crippen molar-refractivity contribution in [2.75, 3.05) is 19.0 Å². The van der Waals surface area contributed by atoms with Crippen molar-refractivity contribution >= 4 is 23.2 Å². The van der Waals surface area contributed by atoms with Gasteiger partial charge in [0, 0.05) is 18.4 Å². The fraction of sp³-hybridized carbons (Fsp3) is 0.200. The molecule has 0 saturated heterocycles. The monoisotopic (exact) mass is 369 g/mol. The van der Waals surface area contributed by atoms with Gasteiger partial charge in [0.25, 0.3) is 5.91 Å². The SMILES string of the molecule is COc1ccc(NC(=O)/C(C#N)=C\NCCc2cccc(C)c2)cc1Cl. The number of carbonyl (C=O) groups is 1. The summed E-state index contributed by atoms with van der Waals surface area (Å²) in [5, 5.41) is 15.2. The van der Waals surface area contributed by atoms with E-state index >= 15 is 0 Å². The minimum absolute atomic E-state index is 0.0128. The molecule has 2 rings (SSSR count). The maximum atomic E-state index is 12.2. The van der Waals surface area contributed by atoms with Gasteiger partial charge >= 0.3 is 0 Å². The fourth-order valence-electron chi connectivity index (χ4n) is 2.35. The van der Waals surface area contributed by atoms with Gasteiger partial charge in [0.2, 0.25) is 0 Å². The van der Waals surface area contributed by atoms with Crippen LogP contribution in [0.3, 0.4) is 0 Å². The topological polar surface area (TPSA) is 74.1 Å². The van der Waals surface area contributed by atoms with Gasteiger partial charge in [0.1, 0.15) is 17.4 Å². The Kier molecular flexibility index (Phi) is 7.07. The summed E-state index contributed by atoms with van der Waals surface area (Å²) in [6, 6.07) is 15.0. The Balaban J connectivity index is 1.92. The molecule has 0 fully saturated rings. The van der Waals surface area contributed by atoms with Crippen molar-refractivity contribution in [2.24, 2.45) is 0 Å². The third-order valence-corrected chi connectivity index (χ3v) is 3.96. The Bertz CT molecular complexity index is 856. The third-order valence-electron chi connectivity index (χ3n) is 3.66. The Morgan fingerprint density at radius 3 is 2.77 bits per heavy atom. The zero-order valence-electron chi connectivity index (χ0n) is 14.7. The standard InChI is InChI=1S/C20H20ClN3O2/c1-14-4-3-5-15(10-14)8-9-23-13-16(12-22)20(25)24-17-6-7-19(26-2)18(21)11-17/h3-7,10-11,13,23H,8-9H2,1-2H3,(H,24,25)/b16-13-. The molecule has 2 aromatic rings. The van der Waals surface area contributed by atoms with Crippen LogP contribution in [0.4, 0.5) is 5.69 Å². The Morgan fingerprint density at radius 1 is 1.31 bits per heavy atom. The second-order valence-electron chi connectivity index (χ2n) is 5.67. The quantitative estimate of drug-likeness (QED) is 0.442. The number of halogens is 1. The molecule has 134 valence electrons. The molecule has 6 heteroatoms. The van der Waals surface area contributed by atoms with Gasteiger partial charge in [-0.1, -0.05) is 41.4 Å². The van der Waals surface area contributed by atoms with E-state index in [4.69, 9.17) is 16.3 Å². The van der Waals surface area contributed by atoms with Crippen molar-refractivity contribution in [1.29, 1.82) is 5.26 Å². The molecule has 26 heavy (non-hydrogen) atoms. The molecule has 0 radical (unpaired) electrons. The summed E-state index contributed by atoms with van der Waals surface area (Å²) in [5.41, 5.74) is 2.87. The highest BCUT2D eigenvalue weighted by Crippen LogP contribution is 2.27. The maximum absolute atomic E-state index is 12.2. The summed E-state index contributed by atoms with van der Waals surface area (Å²) in [6.07, 6.45) is 2.23. The molecule has 0 unspecified atom stereocenters. The van der Waals surface area contributed by atoms with Crippen LogP contribution >= 0.6 is 11.6 Å². The summed E-state index contributed by atoms with van der Waals surface area (Å²) < 4.78 is 5.06. The molecular formula is C20H20ClN3O2. The van der Waals surface area contributed by atoms with Gasteiger partial charge in [-0.3, -0.25) is 4.79 Å². The number of nitrogens with one attached hydrogen (secondary N) is 2. The van der Waals surface area contributed by atoms with Gasteiger partial charge in [-0.15, -0.1) is 0 Å². The summed E-state index contributed by atoms with van der Waals surface area (Å²) in [4.78, 5) is 12.2. The molecule has 1 amide bonds. The van der Waals surface area contributed by atoms with Crippen LogP contribution in [0, 0.1) is 18.3 Å². The van der Waals surface area contributed by atoms with E-state index in [1.807, 2.05) is 31.2 Å². The van der Waals surface area contributed by atoms with E-state index in [0.29, 0.717) is 23.0 Å². The first-order valence-corrected chi connectivity index (χ1v) is 8.45. The number of ether oxygens (including phenoxy) is 1. The Hall–Kier alpha value is -2.97. The highest BCUT2D eigenvalue weighted by molar-refractivity contribution is 6.32. The van der Waals surface area contributed by atoms with Crippen molar-refractivity contribution in [3.05, 3.63) is 70.4 Å². The normalized spacial score (nSPS) is 10.8. The van der Waals surface area contributed by atoms with Crippen LogP contribution in [-0.2, 0) is 11.2 Å². The summed E-state index contributed by atoms with van der Waals surface area (Å²) >= 11 is 6.03. The lowest BCUT2D eigenvalue weighted by Crippen LogP contribution is -2.18. The minimum Gasteiger partial charge on any atom is -0.495 e. The predicted octanol–water partition coefficient (Wildman–Crippen LogP) is 3.84. The zero-order valence-corrected chi connectivity index (χ0v) is 15.4. The number of anilines is 1. The summed E-state index contributed by atoms with van der Waals surface area (Å²) in [5.74, 6) is 0.00955. The van der Waals surface area contributed by atoms with Crippen molar-refractivity contribution in [2.45, 2.75) is 13.3 Å². The number of benzene rings is 2. The third kappa shape index (κ3) is 5.54. The Labute approximate surface area is 158 Å². The zero-order chi connectivity index (χ0) is 18.9. The summed E-state index contributed by atoms with van der Waals surface area (Å²) in [6.45, 7) is 2.66. The lowest BCUT2D eigenvalue weighted by molar-refractivity contribution is -0.112. The number of hydrogen-bond donors (Lipinski definition) is 2. The average molecular weight is 370 g/mol. The van der Waals surface area contributed by atoms with Crippen molar-refractivity contribution < 1.29 is 9.53 Å². The van der Waals surface area contributed by atoms with E-state index < -0.39 is 5.91 Å². The molecule has 0 atom stereocenters. The van der Waals surface area contributed by atoms with E-state index in [0.717, 1.165) is 6.42 Å². The van der Waals surface area contributed by atoms with E-state index in [1.54, 1.807) is 18.2 Å². The number of carbonyl (C=O) groups excluding carboxylic acids is 1. The van der Waals surface area contributed by atoms with Crippen LogP contribution in [-0.4, -0.2) is 19.6 Å². The van der Waals surface area contributed by atoms with Crippen LogP contribution in [0.25, 0.3) is 0 Å². The molecule has 0 aliphatic rings. The van der Waals surface area contributed by atoms with E-state index in [1.165, 1.54) is 24.4 Å². The number of methoxy groups -OCH3 is 1. The first kappa shape index (κ1) is 19.4.